The van der Waals surface area contributed by atoms with Crippen LogP contribution in [0.4, 0.5) is 10.7 Å². The van der Waals surface area contributed by atoms with Gasteiger partial charge in [0, 0.05) is 39.3 Å². The van der Waals surface area contributed by atoms with Crippen molar-refractivity contribution < 1.29 is 4.79 Å². The van der Waals surface area contributed by atoms with Gasteiger partial charge in [-0.2, -0.15) is 0 Å². The van der Waals surface area contributed by atoms with Gasteiger partial charge in [0.05, 0.1) is 11.0 Å². The van der Waals surface area contributed by atoms with E-state index < -0.39 is 0 Å². The zero-order valence-electron chi connectivity index (χ0n) is 12.8. The number of aromatic amines is 1. The number of fused-ring (bicyclic) bond motifs is 1. The number of piperazine rings is 1. The first-order valence-corrected chi connectivity index (χ1v) is 7.61. The molecule has 2 heterocycles. The summed E-state index contributed by atoms with van der Waals surface area (Å²) in [5.41, 5.74) is 1.76. The van der Waals surface area contributed by atoms with Crippen molar-refractivity contribution >= 4 is 23.0 Å². The number of nitrogens with zero attached hydrogens (tertiary/aromatic N) is 3. The van der Waals surface area contributed by atoms with Gasteiger partial charge in [-0.25, -0.2) is 9.78 Å². The lowest BCUT2D eigenvalue weighted by atomic mass is 10.3. The van der Waals surface area contributed by atoms with Crippen LogP contribution >= 0.6 is 0 Å². The third-order valence-electron chi connectivity index (χ3n) is 3.93. The van der Waals surface area contributed by atoms with Crippen molar-refractivity contribution in [1.29, 1.82) is 0 Å². The first-order chi connectivity index (χ1) is 10.7. The molecule has 0 radical (unpaired) electrons. The van der Waals surface area contributed by atoms with E-state index >= 15 is 0 Å². The number of benzene rings is 1. The number of hydrogen-bond donors (Lipinski definition) is 3. The maximum absolute atomic E-state index is 11.9. The second-order valence-electron chi connectivity index (χ2n) is 5.63. The number of H-pyrrole nitrogens is 1. The number of aromatic nitrogens is 2. The topological polar surface area (TPSA) is 76.3 Å². The summed E-state index contributed by atoms with van der Waals surface area (Å²) in [5, 5.41) is 5.60. The number of imidazole rings is 1. The first kappa shape index (κ1) is 14.8. The SMILES string of the molecule is CN1CCN(CCNC(=O)Nc2nc3ccccc3[nH]2)CC1. The van der Waals surface area contributed by atoms with E-state index in [1.807, 2.05) is 24.3 Å². The lowest BCUT2D eigenvalue weighted by Gasteiger charge is -2.32. The molecule has 118 valence electrons. The van der Waals surface area contributed by atoms with Crippen molar-refractivity contribution in [3.8, 4) is 0 Å². The number of amides is 2. The largest absolute Gasteiger partial charge is 0.337 e. The van der Waals surface area contributed by atoms with Gasteiger partial charge in [0.1, 0.15) is 0 Å². The lowest BCUT2D eigenvalue weighted by molar-refractivity contribution is 0.155. The maximum Gasteiger partial charge on any atom is 0.321 e. The van der Waals surface area contributed by atoms with Gasteiger partial charge in [0.25, 0.3) is 0 Å². The molecule has 0 saturated carbocycles. The third kappa shape index (κ3) is 3.75. The van der Waals surface area contributed by atoms with Gasteiger partial charge in [0.2, 0.25) is 5.95 Å². The average Bonchev–Trinajstić information content (AvgIpc) is 2.91. The second kappa shape index (κ2) is 6.76. The van der Waals surface area contributed by atoms with E-state index in [2.05, 4.69) is 37.4 Å². The van der Waals surface area contributed by atoms with E-state index in [1.165, 1.54) is 0 Å². The fourth-order valence-corrected chi connectivity index (χ4v) is 2.56. The highest BCUT2D eigenvalue weighted by Gasteiger charge is 2.13. The summed E-state index contributed by atoms with van der Waals surface area (Å²) in [7, 11) is 2.14. The molecule has 2 aromatic rings. The van der Waals surface area contributed by atoms with Crippen LogP contribution in [-0.4, -0.2) is 72.1 Å². The summed E-state index contributed by atoms with van der Waals surface area (Å²) in [6, 6.07) is 7.46. The summed E-state index contributed by atoms with van der Waals surface area (Å²) in [6.07, 6.45) is 0. The molecule has 3 N–H and O–H groups in total. The van der Waals surface area contributed by atoms with Crippen LogP contribution in [0.5, 0.6) is 0 Å². The van der Waals surface area contributed by atoms with Crippen LogP contribution in [0.3, 0.4) is 0 Å². The van der Waals surface area contributed by atoms with Crippen molar-refractivity contribution in [3.63, 3.8) is 0 Å². The molecule has 0 aliphatic carbocycles. The van der Waals surface area contributed by atoms with Gasteiger partial charge in [0.15, 0.2) is 0 Å². The summed E-state index contributed by atoms with van der Waals surface area (Å²) < 4.78 is 0. The van der Waals surface area contributed by atoms with Crippen molar-refractivity contribution in [2.75, 3.05) is 51.6 Å². The van der Waals surface area contributed by atoms with Crippen molar-refractivity contribution in [2.24, 2.45) is 0 Å². The van der Waals surface area contributed by atoms with Crippen LogP contribution in [0.25, 0.3) is 11.0 Å². The summed E-state index contributed by atoms with van der Waals surface area (Å²) in [6.45, 7) is 5.81. The van der Waals surface area contributed by atoms with Gasteiger partial charge in [-0.1, -0.05) is 12.1 Å². The summed E-state index contributed by atoms with van der Waals surface area (Å²) >= 11 is 0. The Labute approximate surface area is 129 Å². The highest BCUT2D eigenvalue weighted by molar-refractivity contribution is 5.89. The van der Waals surface area contributed by atoms with E-state index in [-0.39, 0.29) is 6.03 Å². The van der Waals surface area contributed by atoms with Crippen LogP contribution < -0.4 is 10.6 Å². The van der Waals surface area contributed by atoms with Crippen LogP contribution in [-0.2, 0) is 0 Å². The number of carbonyl (C=O) groups excluding carboxylic acids is 1. The van der Waals surface area contributed by atoms with E-state index in [4.69, 9.17) is 0 Å². The molecule has 1 aliphatic heterocycles. The van der Waals surface area contributed by atoms with E-state index in [0.29, 0.717) is 12.5 Å². The Balaban J connectivity index is 1.42. The van der Waals surface area contributed by atoms with Crippen LogP contribution in [0.15, 0.2) is 24.3 Å². The Morgan fingerprint density at radius 1 is 1.27 bits per heavy atom. The number of carbonyl (C=O) groups is 1. The molecular formula is C15H22N6O. The van der Waals surface area contributed by atoms with Crippen molar-refractivity contribution in [1.82, 2.24) is 25.1 Å². The standard InChI is InChI=1S/C15H22N6O/c1-20-8-10-21(11-9-20)7-6-16-15(22)19-14-17-12-4-2-3-5-13(12)18-14/h2-5H,6-11H2,1H3,(H3,16,17,18,19,22). The molecule has 1 aromatic heterocycles. The van der Waals surface area contributed by atoms with E-state index in [0.717, 1.165) is 43.8 Å². The molecule has 0 spiro atoms. The molecule has 7 heteroatoms. The van der Waals surface area contributed by atoms with Gasteiger partial charge >= 0.3 is 6.03 Å². The fourth-order valence-electron chi connectivity index (χ4n) is 2.56. The molecule has 0 unspecified atom stereocenters. The van der Waals surface area contributed by atoms with Crippen LogP contribution in [0.2, 0.25) is 0 Å². The van der Waals surface area contributed by atoms with E-state index in [1.54, 1.807) is 0 Å². The smallest absolute Gasteiger partial charge is 0.321 e. The number of rotatable bonds is 4. The molecule has 0 bridgehead atoms. The highest BCUT2D eigenvalue weighted by atomic mass is 16.2. The third-order valence-corrected chi connectivity index (χ3v) is 3.93. The lowest BCUT2D eigenvalue weighted by Crippen LogP contribution is -2.47. The van der Waals surface area contributed by atoms with E-state index in [9.17, 15) is 4.79 Å². The van der Waals surface area contributed by atoms with Gasteiger partial charge in [-0.3, -0.25) is 10.2 Å². The van der Waals surface area contributed by atoms with Gasteiger partial charge in [-0.15, -0.1) is 0 Å². The Hall–Kier alpha value is -2.12. The van der Waals surface area contributed by atoms with Gasteiger partial charge in [-0.05, 0) is 19.2 Å². The molecule has 1 aromatic carbocycles. The molecule has 7 nitrogen and oxygen atoms in total. The molecule has 1 aliphatic rings. The Morgan fingerprint density at radius 2 is 2.05 bits per heavy atom. The monoisotopic (exact) mass is 302 g/mol. The average molecular weight is 302 g/mol. The highest BCUT2D eigenvalue weighted by Crippen LogP contribution is 2.12. The number of para-hydroxylation sites is 2. The number of nitrogens with one attached hydrogen (secondary N) is 3. The predicted molar refractivity (Wildman–Crippen MR) is 87.1 cm³/mol. The normalized spacial score (nSPS) is 16.8. The van der Waals surface area contributed by atoms with Crippen LogP contribution in [0.1, 0.15) is 0 Å². The molecule has 3 rings (SSSR count). The number of anilines is 1. The van der Waals surface area contributed by atoms with Crippen molar-refractivity contribution in [3.05, 3.63) is 24.3 Å². The first-order valence-electron chi connectivity index (χ1n) is 7.61. The Kier molecular flexibility index (Phi) is 4.55. The molecule has 1 fully saturated rings. The summed E-state index contributed by atoms with van der Waals surface area (Å²) in [5.74, 6) is 0.471. The Morgan fingerprint density at radius 3 is 2.82 bits per heavy atom. The number of urea groups is 1. The van der Waals surface area contributed by atoms with Crippen molar-refractivity contribution in [2.45, 2.75) is 0 Å². The molecule has 1 saturated heterocycles. The molecule has 22 heavy (non-hydrogen) atoms. The molecule has 2 amide bonds. The maximum atomic E-state index is 11.9. The summed E-state index contributed by atoms with van der Waals surface area (Å²) in [4.78, 5) is 23.9. The van der Waals surface area contributed by atoms with Gasteiger partial charge < -0.3 is 15.2 Å². The van der Waals surface area contributed by atoms with Crippen LogP contribution in [0, 0.1) is 0 Å². The quantitative estimate of drug-likeness (QED) is 0.785. The fraction of sp³-hybridized carbons (Fsp3) is 0.467. The minimum absolute atomic E-state index is 0.229. The molecule has 0 atom stereocenters. The number of likely N-dealkylation sites (N-methyl/N-ethyl adjacent to an activating group) is 1. The predicted octanol–water partition coefficient (Wildman–Crippen LogP) is 0.932. The number of hydrogen-bond acceptors (Lipinski definition) is 4. The Bertz CT molecular complexity index is 599. The molecular weight excluding hydrogens is 280 g/mol. The second-order valence-corrected chi connectivity index (χ2v) is 5.63. The minimum Gasteiger partial charge on any atom is -0.337 e. The minimum atomic E-state index is -0.229. The zero-order valence-corrected chi connectivity index (χ0v) is 12.8. The zero-order chi connectivity index (χ0) is 15.4.